The van der Waals surface area contributed by atoms with E-state index in [1.807, 2.05) is 6.92 Å². The molecule has 0 spiro atoms. The van der Waals surface area contributed by atoms with Gasteiger partial charge in [-0.05, 0) is 36.5 Å². The zero-order valence-corrected chi connectivity index (χ0v) is 8.90. The molecule has 78 valence electrons. The Morgan fingerprint density at radius 3 is 2.43 bits per heavy atom. The van der Waals surface area contributed by atoms with Crippen LogP contribution < -0.4 is 0 Å². The number of rotatable bonds is 3. The molecule has 14 heavy (non-hydrogen) atoms. The van der Waals surface area contributed by atoms with E-state index in [0.29, 0.717) is 11.5 Å². The normalized spacial score (nSPS) is 12.9. The Morgan fingerprint density at radius 1 is 1.29 bits per heavy atom. The van der Waals surface area contributed by atoms with E-state index in [4.69, 9.17) is 0 Å². The summed E-state index contributed by atoms with van der Waals surface area (Å²) in [4.78, 5) is 0. The average molecular weight is 198 g/mol. The molecule has 1 rings (SSSR count). The molecule has 0 aliphatic heterocycles. The molecule has 0 radical (unpaired) electrons. The van der Waals surface area contributed by atoms with Crippen LogP contribution >= 0.6 is 0 Å². The van der Waals surface area contributed by atoms with Crippen LogP contribution in [0.3, 0.4) is 0 Å². The van der Waals surface area contributed by atoms with Crippen LogP contribution in [0.2, 0.25) is 0 Å². The van der Waals surface area contributed by atoms with Gasteiger partial charge < -0.3 is 0 Å². The van der Waals surface area contributed by atoms with Gasteiger partial charge >= 0.3 is 0 Å². The summed E-state index contributed by atoms with van der Waals surface area (Å²) in [6, 6.07) is 3.04. The largest absolute Gasteiger partial charge is 0.204 e. The summed E-state index contributed by atoms with van der Waals surface area (Å²) >= 11 is 0. The molecule has 0 nitrogen and oxygen atoms in total. The van der Waals surface area contributed by atoms with Gasteiger partial charge in [0.15, 0.2) is 11.6 Å². The fraction of sp³-hybridized carbons (Fsp3) is 0.500. The quantitative estimate of drug-likeness (QED) is 0.683. The summed E-state index contributed by atoms with van der Waals surface area (Å²) in [7, 11) is 0. The lowest BCUT2D eigenvalue weighted by atomic mass is 9.95. The monoisotopic (exact) mass is 198 g/mol. The van der Waals surface area contributed by atoms with Crippen molar-refractivity contribution in [3.63, 3.8) is 0 Å². The highest BCUT2D eigenvalue weighted by Gasteiger charge is 2.11. The third kappa shape index (κ3) is 2.31. The highest BCUT2D eigenvalue weighted by molar-refractivity contribution is 5.27. The van der Waals surface area contributed by atoms with Crippen molar-refractivity contribution in [2.75, 3.05) is 0 Å². The zero-order chi connectivity index (χ0) is 10.7. The molecule has 0 heterocycles. The highest BCUT2D eigenvalue weighted by atomic mass is 19.2. The van der Waals surface area contributed by atoms with Gasteiger partial charge in [0, 0.05) is 0 Å². The van der Waals surface area contributed by atoms with E-state index >= 15 is 0 Å². The number of aryl methyl sites for hydroxylation is 1. The first-order valence-electron chi connectivity index (χ1n) is 5.01. The molecule has 1 atom stereocenters. The maximum absolute atomic E-state index is 13.1. The maximum Gasteiger partial charge on any atom is 0.161 e. The fourth-order valence-corrected chi connectivity index (χ4v) is 1.64. The summed E-state index contributed by atoms with van der Waals surface area (Å²) in [5, 5.41) is 0. The van der Waals surface area contributed by atoms with E-state index in [-0.39, 0.29) is 0 Å². The molecule has 1 aromatic rings. The predicted molar refractivity (Wildman–Crippen MR) is 54.4 cm³/mol. The molecule has 1 unspecified atom stereocenters. The van der Waals surface area contributed by atoms with Crippen molar-refractivity contribution in [3.05, 3.63) is 34.9 Å². The molecule has 0 saturated heterocycles. The molecule has 0 amide bonds. The average Bonchev–Trinajstić information content (AvgIpc) is 2.13. The number of benzene rings is 1. The van der Waals surface area contributed by atoms with Crippen molar-refractivity contribution in [2.24, 2.45) is 0 Å². The van der Waals surface area contributed by atoms with Crippen LogP contribution in [-0.4, -0.2) is 0 Å². The molecule has 0 fully saturated rings. The van der Waals surface area contributed by atoms with Crippen LogP contribution in [0.15, 0.2) is 12.1 Å². The Morgan fingerprint density at radius 2 is 1.93 bits per heavy atom. The topological polar surface area (TPSA) is 0 Å². The van der Waals surface area contributed by atoms with Crippen molar-refractivity contribution in [2.45, 2.75) is 39.5 Å². The molecule has 0 aromatic heterocycles. The molecule has 0 N–H and O–H groups in total. The molecule has 0 bridgehead atoms. The van der Waals surface area contributed by atoms with E-state index < -0.39 is 11.6 Å². The van der Waals surface area contributed by atoms with Crippen LogP contribution in [0.4, 0.5) is 8.78 Å². The van der Waals surface area contributed by atoms with Crippen molar-refractivity contribution in [1.29, 1.82) is 0 Å². The lowest BCUT2D eigenvalue weighted by Crippen LogP contribution is -1.98. The zero-order valence-electron chi connectivity index (χ0n) is 8.90. The molecule has 1 aromatic carbocycles. The Labute approximate surface area is 84.0 Å². The molecule has 2 heteroatoms. The van der Waals surface area contributed by atoms with Gasteiger partial charge in [-0.2, -0.15) is 0 Å². The summed E-state index contributed by atoms with van der Waals surface area (Å²) < 4.78 is 26.1. The second kappa shape index (κ2) is 4.54. The standard InChI is InChI=1S/C12H16F2/c1-4-5-8(2)10-6-9(3)12(14)11(13)7-10/h6-8H,4-5H2,1-3H3. The third-order valence-corrected chi connectivity index (χ3v) is 2.52. The Hall–Kier alpha value is -0.920. The Kier molecular flexibility index (Phi) is 3.62. The Bertz CT molecular complexity index is 295. The third-order valence-electron chi connectivity index (χ3n) is 2.52. The fourth-order valence-electron chi connectivity index (χ4n) is 1.64. The first-order valence-corrected chi connectivity index (χ1v) is 5.01. The lowest BCUT2D eigenvalue weighted by molar-refractivity contribution is 0.499. The second-order valence-corrected chi connectivity index (χ2v) is 3.82. The first kappa shape index (κ1) is 11.2. The minimum atomic E-state index is -0.733. The van der Waals surface area contributed by atoms with E-state index in [1.54, 1.807) is 13.0 Å². The number of hydrogen-bond acceptors (Lipinski definition) is 0. The van der Waals surface area contributed by atoms with Gasteiger partial charge in [0.25, 0.3) is 0 Å². The van der Waals surface area contributed by atoms with Gasteiger partial charge in [-0.25, -0.2) is 8.78 Å². The minimum Gasteiger partial charge on any atom is -0.204 e. The van der Waals surface area contributed by atoms with Crippen molar-refractivity contribution >= 4 is 0 Å². The molecule has 0 saturated carbocycles. The van der Waals surface area contributed by atoms with E-state index in [9.17, 15) is 8.78 Å². The van der Waals surface area contributed by atoms with Crippen LogP contribution in [-0.2, 0) is 0 Å². The van der Waals surface area contributed by atoms with E-state index in [2.05, 4.69) is 6.92 Å². The summed E-state index contributed by atoms with van der Waals surface area (Å²) in [5.41, 5.74) is 1.28. The lowest BCUT2D eigenvalue weighted by Gasteiger charge is -2.12. The highest BCUT2D eigenvalue weighted by Crippen LogP contribution is 2.24. The maximum atomic E-state index is 13.1. The van der Waals surface area contributed by atoms with Gasteiger partial charge in [-0.15, -0.1) is 0 Å². The van der Waals surface area contributed by atoms with Crippen LogP contribution in [0.5, 0.6) is 0 Å². The van der Waals surface area contributed by atoms with E-state index in [0.717, 1.165) is 18.4 Å². The van der Waals surface area contributed by atoms with Crippen LogP contribution in [0, 0.1) is 18.6 Å². The van der Waals surface area contributed by atoms with Gasteiger partial charge in [0.1, 0.15) is 0 Å². The minimum absolute atomic E-state index is 0.300. The summed E-state index contributed by atoms with van der Waals surface area (Å²) in [5.74, 6) is -1.16. The summed E-state index contributed by atoms with van der Waals surface area (Å²) in [6.07, 6.45) is 2.06. The Balaban J connectivity index is 3.00. The van der Waals surface area contributed by atoms with Crippen LogP contribution in [0.1, 0.15) is 43.7 Å². The molecular formula is C12H16F2. The van der Waals surface area contributed by atoms with Crippen molar-refractivity contribution in [1.82, 2.24) is 0 Å². The van der Waals surface area contributed by atoms with Crippen LogP contribution in [0.25, 0.3) is 0 Å². The van der Waals surface area contributed by atoms with Gasteiger partial charge in [0.05, 0.1) is 0 Å². The van der Waals surface area contributed by atoms with Gasteiger partial charge in [-0.3, -0.25) is 0 Å². The number of halogens is 2. The second-order valence-electron chi connectivity index (χ2n) is 3.82. The van der Waals surface area contributed by atoms with Crippen molar-refractivity contribution < 1.29 is 8.78 Å². The number of hydrogen-bond donors (Lipinski definition) is 0. The smallest absolute Gasteiger partial charge is 0.161 e. The summed E-state index contributed by atoms with van der Waals surface area (Å²) in [6.45, 7) is 5.72. The predicted octanol–water partition coefficient (Wildman–Crippen LogP) is 4.18. The molecule has 0 aliphatic rings. The molecule has 0 aliphatic carbocycles. The van der Waals surface area contributed by atoms with E-state index in [1.165, 1.54) is 6.07 Å². The van der Waals surface area contributed by atoms with Gasteiger partial charge in [0.2, 0.25) is 0 Å². The van der Waals surface area contributed by atoms with Crippen molar-refractivity contribution in [3.8, 4) is 0 Å². The first-order chi connectivity index (χ1) is 6.56. The van der Waals surface area contributed by atoms with Gasteiger partial charge in [-0.1, -0.05) is 26.3 Å². The molecular weight excluding hydrogens is 182 g/mol. The SMILES string of the molecule is CCCC(C)c1cc(C)c(F)c(F)c1.